The molecule has 0 radical (unpaired) electrons. The summed E-state index contributed by atoms with van der Waals surface area (Å²) in [7, 11) is 0. The van der Waals surface area contributed by atoms with Crippen LogP contribution in [-0.2, 0) is 26.5 Å². The van der Waals surface area contributed by atoms with E-state index in [4.69, 9.17) is 4.74 Å². The summed E-state index contributed by atoms with van der Waals surface area (Å²) in [5.41, 5.74) is 6.06. The van der Waals surface area contributed by atoms with E-state index < -0.39 is 0 Å². The van der Waals surface area contributed by atoms with Crippen molar-refractivity contribution < 1.29 is 25.8 Å². The Bertz CT molecular complexity index is 2260. The first kappa shape index (κ1) is 27.9. The Hall–Kier alpha value is -4.28. The number of imidazole rings is 2. The minimum absolute atomic E-state index is 0. The van der Waals surface area contributed by atoms with E-state index in [0.717, 1.165) is 54.8 Å². The van der Waals surface area contributed by atoms with Crippen LogP contribution in [0, 0.1) is 12.1 Å². The van der Waals surface area contributed by atoms with E-state index >= 15 is 0 Å². The van der Waals surface area contributed by atoms with Gasteiger partial charge < -0.3 is 13.5 Å². The Morgan fingerprint density at radius 2 is 1.26 bits per heavy atom. The van der Waals surface area contributed by atoms with E-state index in [1.54, 1.807) is 6.20 Å². The van der Waals surface area contributed by atoms with Crippen molar-refractivity contribution in [2.75, 3.05) is 0 Å². The number of pyridine rings is 3. The quantitative estimate of drug-likeness (QED) is 0.132. The average Bonchev–Trinajstić information content (AvgIpc) is 3.69. The molecule has 42 heavy (non-hydrogen) atoms. The van der Waals surface area contributed by atoms with Crippen molar-refractivity contribution in [1.29, 1.82) is 0 Å². The van der Waals surface area contributed by atoms with Crippen LogP contribution in [-0.4, -0.2) is 23.8 Å². The first-order valence-corrected chi connectivity index (χ1v) is 13.9. The molecular weight excluding hydrogens is 701 g/mol. The van der Waals surface area contributed by atoms with Crippen molar-refractivity contribution in [3.8, 4) is 11.5 Å². The minimum Gasteiger partial charge on any atom is -0.497 e. The normalized spacial score (nSPS) is 11.7. The van der Waals surface area contributed by atoms with Crippen LogP contribution in [0.2, 0.25) is 0 Å². The number of fused-ring (bicyclic) bond motifs is 12. The monoisotopic (exact) mass is 730 g/mol. The third kappa shape index (κ3) is 4.33. The van der Waals surface area contributed by atoms with Gasteiger partial charge in [-0.25, -0.2) is 0 Å². The van der Waals surface area contributed by atoms with Crippen molar-refractivity contribution in [2.45, 2.75) is 40.0 Å². The molecule has 5 aromatic heterocycles. The molecule has 0 N–H and O–H groups in total. The largest absolute Gasteiger partial charge is 2.00 e. The smallest absolute Gasteiger partial charge is 0.497 e. The third-order valence-electron chi connectivity index (χ3n) is 7.50. The molecule has 0 saturated heterocycles. The average molecular weight is 731 g/mol. The number of hydrogen-bond donors (Lipinski definition) is 0. The van der Waals surface area contributed by atoms with Crippen LogP contribution in [0.5, 0.6) is 11.5 Å². The van der Waals surface area contributed by atoms with E-state index in [-0.39, 0.29) is 26.5 Å². The van der Waals surface area contributed by atoms with Gasteiger partial charge in [-0.1, -0.05) is 92.6 Å². The Balaban J connectivity index is 0.00000103. The van der Waals surface area contributed by atoms with Crippen LogP contribution in [0.25, 0.3) is 54.8 Å². The number of ether oxygens (including phenoxy) is 1. The van der Waals surface area contributed by atoms with Gasteiger partial charge in [-0.2, -0.15) is 0 Å². The predicted molar refractivity (Wildman–Crippen MR) is 166 cm³/mol. The molecule has 210 valence electrons. The molecule has 5 heterocycles. The summed E-state index contributed by atoms with van der Waals surface area (Å²) in [5.74, 6) is 1.19. The molecule has 7 heteroatoms. The first-order chi connectivity index (χ1) is 20.0. The second-order valence-corrected chi connectivity index (χ2v) is 10.9. The zero-order valence-corrected chi connectivity index (χ0v) is 26.3. The molecule has 0 aliphatic heterocycles. The second kappa shape index (κ2) is 10.5. The van der Waals surface area contributed by atoms with Crippen LogP contribution < -0.4 is 4.74 Å². The molecule has 0 unspecified atom stereocenters. The fourth-order valence-electron chi connectivity index (χ4n) is 5.55. The van der Waals surface area contributed by atoms with Crippen molar-refractivity contribution >= 4 is 54.8 Å². The Morgan fingerprint density at radius 3 is 1.93 bits per heavy atom. The van der Waals surface area contributed by atoms with Gasteiger partial charge in [0.2, 0.25) is 0 Å². The number of aromatic nitrogens is 5. The standard InChI is InChI=1S/C33H23N5O.C2H6.Pt/c1-33(2,3)20-6-9-24-23-10-7-21(18-26(23)31-35-14-16-38(31)29(24)17-20)39-22-8-11-25-27(19-22)32-36-13-15-37(32)28-5-4-12-34-30(25)28;1-2;/h4-17H,1-3H3;1-2H3;/q-2;;+2. The van der Waals surface area contributed by atoms with Gasteiger partial charge in [0.1, 0.15) is 0 Å². The van der Waals surface area contributed by atoms with Crippen LogP contribution >= 0.6 is 0 Å². The maximum Gasteiger partial charge on any atom is 2.00 e. The summed E-state index contributed by atoms with van der Waals surface area (Å²) in [6.07, 6.45) is 9.40. The number of rotatable bonds is 2. The summed E-state index contributed by atoms with van der Waals surface area (Å²) in [5, 5.41) is 5.01. The molecule has 8 rings (SSSR count). The van der Waals surface area contributed by atoms with Crippen LogP contribution in [0.1, 0.15) is 40.2 Å². The Kier molecular flexibility index (Phi) is 6.98. The molecule has 0 aliphatic carbocycles. The van der Waals surface area contributed by atoms with Gasteiger partial charge in [-0.05, 0) is 34.6 Å². The van der Waals surface area contributed by atoms with E-state index in [0.29, 0.717) is 11.5 Å². The van der Waals surface area contributed by atoms with Gasteiger partial charge in [-0.3, -0.25) is 15.0 Å². The zero-order chi connectivity index (χ0) is 28.3. The van der Waals surface area contributed by atoms with Crippen molar-refractivity contribution in [1.82, 2.24) is 23.8 Å². The van der Waals surface area contributed by atoms with E-state index in [9.17, 15) is 0 Å². The fourth-order valence-corrected chi connectivity index (χ4v) is 5.55. The maximum absolute atomic E-state index is 6.33. The molecular formula is C35H29N5OPt. The number of hydrogen-bond acceptors (Lipinski definition) is 4. The maximum atomic E-state index is 6.33. The molecule has 0 amide bonds. The minimum atomic E-state index is 0. The van der Waals surface area contributed by atoms with Crippen LogP contribution in [0.4, 0.5) is 0 Å². The molecule has 3 aromatic carbocycles. The second-order valence-electron chi connectivity index (χ2n) is 10.9. The summed E-state index contributed by atoms with van der Waals surface area (Å²) >= 11 is 0. The van der Waals surface area contributed by atoms with Crippen LogP contribution in [0.15, 0.2) is 85.6 Å². The molecule has 0 spiro atoms. The van der Waals surface area contributed by atoms with Gasteiger partial charge in [0.25, 0.3) is 0 Å². The molecule has 0 aliphatic rings. The summed E-state index contributed by atoms with van der Waals surface area (Å²) < 4.78 is 10.5. The topological polar surface area (TPSA) is 56.7 Å². The Labute approximate surface area is 258 Å². The SMILES string of the molecule is CC.CC(C)(C)c1ccc2c3ccc(Oc4[c-]c5c(cc4)c4ncccc4n4ccnc54)[c-]c3c3nccn3c2c1.[Pt+2]. The molecule has 0 bridgehead atoms. The van der Waals surface area contributed by atoms with E-state index in [1.165, 1.54) is 5.56 Å². The number of benzene rings is 3. The summed E-state index contributed by atoms with van der Waals surface area (Å²) in [6, 6.07) is 25.6. The molecule has 0 atom stereocenters. The van der Waals surface area contributed by atoms with Crippen molar-refractivity contribution in [3.05, 3.63) is 103 Å². The van der Waals surface area contributed by atoms with Crippen molar-refractivity contribution in [3.63, 3.8) is 0 Å². The van der Waals surface area contributed by atoms with E-state index in [2.05, 4.69) is 82.6 Å². The molecule has 0 saturated carbocycles. The third-order valence-corrected chi connectivity index (χ3v) is 7.50. The fraction of sp³-hybridized carbons (Fsp3) is 0.171. The van der Waals surface area contributed by atoms with Gasteiger partial charge in [0, 0.05) is 48.0 Å². The first-order valence-electron chi connectivity index (χ1n) is 13.9. The zero-order valence-electron chi connectivity index (χ0n) is 24.0. The predicted octanol–water partition coefficient (Wildman–Crippen LogP) is 8.70. The van der Waals surface area contributed by atoms with Gasteiger partial charge in [0.05, 0.1) is 22.3 Å². The van der Waals surface area contributed by atoms with Gasteiger partial charge >= 0.3 is 21.1 Å². The van der Waals surface area contributed by atoms with Crippen molar-refractivity contribution in [2.24, 2.45) is 0 Å². The molecule has 8 aromatic rings. The molecule has 6 nitrogen and oxygen atoms in total. The Morgan fingerprint density at radius 1 is 0.667 bits per heavy atom. The van der Waals surface area contributed by atoms with Gasteiger partial charge in [0.15, 0.2) is 0 Å². The summed E-state index contributed by atoms with van der Waals surface area (Å²) in [4.78, 5) is 13.9. The van der Waals surface area contributed by atoms with E-state index in [1.807, 2.05) is 67.3 Å². The van der Waals surface area contributed by atoms with Crippen LogP contribution in [0.3, 0.4) is 0 Å². The summed E-state index contributed by atoms with van der Waals surface area (Å²) in [6.45, 7) is 10.7. The molecule has 0 fully saturated rings. The number of nitrogens with zero attached hydrogens (tertiary/aromatic N) is 5. The van der Waals surface area contributed by atoms with Gasteiger partial charge in [-0.15, -0.1) is 12.1 Å².